The van der Waals surface area contributed by atoms with Crippen molar-refractivity contribution in [2.45, 2.75) is 25.6 Å². The smallest absolute Gasteiger partial charge is 0.128 e. The van der Waals surface area contributed by atoms with Crippen LogP contribution in [-0.4, -0.2) is 10.1 Å². The van der Waals surface area contributed by atoms with Gasteiger partial charge in [-0.1, -0.05) is 0 Å². The zero-order valence-corrected chi connectivity index (χ0v) is 10.5. The summed E-state index contributed by atoms with van der Waals surface area (Å²) in [4.78, 5) is 4.08. The first-order chi connectivity index (χ1) is 9.15. The van der Waals surface area contributed by atoms with Gasteiger partial charge >= 0.3 is 0 Å². The van der Waals surface area contributed by atoms with E-state index in [1.165, 1.54) is 12.1 Å². The van der Waals surface area contributed by atoms with Gasteiger partial charge in [0.15, 0.2) is 0 Å². The molecule has 1 aromatic carbocycles. The lowest BCUT2D eigenvalue weighted by Gasteiger charge is -2.30. The lowest BCUT2D eigenvalue weighted by molar-refractivity contribution is 0.0649. The summed E-state index contributed by atoms with van der Waals surface area (Å²) < 4.78 is 19.1. The number of hydrogen-bond acceptors (Lipinski definition) is 3. The molecule has 0 saturated heterocycles. The summed E-state index contributed by atoms with van der Waals surface area (Å²) in [5, 5.41) is 10.2. The van der Waals surface area contributed by atoms with Crippen molar-refractivity contribution in [3.63, 3.8) is 0 Å². The predicted molar refractivity (Wildman–Crippen MR) is 68.3 cm³/mol. The molecule has 1 aliphatic heterocycles. The highest BCUT2D eigenvalue weighted by Gasteiger charge is 2.29. The Morgan fingerprint density at radius 1 is 1.32 bits per heavy atom. The lowest BCUT2D eigenvalue weighted by atomic mass is 9.94. The molecule has 2 atom stereocenters. The Morgan fingerprint density at radius 3 is 2.95 bits per heavy atom. The van der Waals surface area contributed by atoms with Gasteiger partial charge in [-0.25, -0.2) is 4.39 Å². The Morgan fingerprint density at radius 2 is 2.16 bits per heavy atom. The number of benzene rings is 1. The van der Waals surface area contributed by atoms with Crippen LogP contribution in [0.3, 0.4) is 0 Å². The number of halogens is 1. The second kappa shape index (κ2) is 4.63. The number of aliphatic hydroxyl groups is 1. The zero-order valence-electron chi connectivity index (χ0n) is 10.5. The highest BCUT2D eigenvalue weighted by atomic mass is 19.1. The molecule has 1 aliphatic rings. The predicted octanol–water partition coefficient (Wildman–Crippen LogP) is 3.09. The number of fused-ring (bicyclic) bond motifs is 1. The number of ether oxygens (including phenoxy) is 1. The zero-order chi connectivity index (χ0) is 13.4. The third-order valence-corrected chi connectivity index (χ3v) is 3.47. The van der Waals surface area contributed by atoms with Gasteiger partial charge in [0.25, 0.3) is 0 Å². The second-order valence-electron chi connectivity index (χ2n) is 4.77. The highest BCUT2D eigenvalue weighted by molar-refractivity contribution is 5.39. The number of rotatable bonds is 1. The number of hydrogen-bond donors (Lipinski definition) is 1. The average molecular weight is 259 g/mol. The number of aryl methyl sites for hydroxylation is 1. The van der Waals surface area contributed by atoms with Gasteiger partial charge in [0.05, 0.1) is 6.10 Å². The third-order valence-electron chi connectivity index (χ3n) is 3.47. The van der Waals surface area contributed by atoms with E-state index in [2.05, 4.69) is 4.98 Å². The first-order valence-electron chi connectivity index (χ1n) is 6.20. The van der Waals surface area contributed by atoms with Gasteiger partial charge in [0, 0.05) is 36.0 Å². The normalized spacial score (nSPS) is 21.6. The van der Waals surface area contributed by atoms with Crippen molar-refractivity contribution >= 4 is 0 Å². The van der Waals surface area contributed by atoms with Gasteiger partial charge in [0.1, 0.15) is 17.7 Å². The summed E-state index contributed by atoms with van der Waals surface area (Å²) in [5.74, 6) is 0.0431. The standard InChI is InChI=1S/C15H14FNO2/c1-9-4-5-17-8-12(9)15-7-13(18)11-3-2-10(16)6-14(11)19-15/h2-6,8,13,15,18H,7H2,1H3/t13-,15?/m1/s1. The molecule has 1 N–H and O–H groups in total. The molecule has 0 amide bonds. The van der Waals surface area contributed by atoms with Crippen molar-refractivity contribution in [2.24, 2.45) is 0 Å². The van der Waals surface area contributed by atoms with Crippen LogP contribution >= 0.6 is 0 Å². The van der Waals surface area contributed by atoms with Gasteiger partial charge in [-0.15, -0.1) is 0 Å². The maximum absolute atomic E-state index is 13.3. The monoisotopic (exact) mass is 259 g/mol. The van der Waals surface area contributed by atoms with Gasteiger partial charge in [-0.2, -0.15) is 0 Å². The third kappa shape index (κ3) is 2.19. The summed E-state index contributed by atoms with van der Waals surface area (Å²) in [6.07, 6.45) is 2.96. The van der Waals surface area contributed by atoms with Crippen molar-refractivity contribution in [1.82, 2.24) is 4.98 Å². The van der Waals surface area contributed by atoms with Crippen LogP contribution < -0.4 is 4.74 Å². The van der Waals surface area contributed by atoms with E-state index in [1.807, 2.05) is 13.0 Å². The lowest BCUT2D eigenvalue weighted by Crippen LogP contribution is -2.20. The second-order valence-corrected chi connectivity index (χ2v) is 4.77. The van der Waals surface area contributed by atoms with Crippen molar-refractivity contribution in [2.75, 3.05) is 0 Å². The molecule has 0 saturated carbocycles. The van der Waals surface area contributed by atoms with E-state index in [4.69, 9.17) is 4.74 Å². The summed E-state index contributed by atoms with van der Waals surface area (Å²) >= 11 is 0. The summed E-state index contributed by atoms with van der Waals surface area (Å²) in [6.45, 7) is 1.97. The van der Waals surface area contributed by atoms with Crippen molar-refractivity contribution in [1.29, 1.82) is 0 Å². The Kier molecular flexibility index (Phi) is 2.95. The molecule has 0 spiro atoms. The molecule has 3 rings (SSSR count). The SMILES string of the molecule is Cc1ccncc1C1C[C@@H](O)c2ccc(F)cc2O1. The van der Waals surface area contributed by atoms with Crippen LogP contribution in [0.25, 0.3) is 0 Å². The summed E-state index contributed by atoms with van der Waals surface area (Å²) in [6, 6.07) is 6.12. The van der Waals surface area contributed by atoms with Crippen molar-refractivity contribution in [3.05, 3.63) is 59.2 Å². The maximum atomic E-state index is 13.3. The van der Waals surface area contributed by atoms with Crippen LogP contribution in [0.1, 0.15) is 35.3 Å². The van der Waals surface area contributed by atoms with Gasteiger partial charge in [0.2, 0.25) is 0 Å². The molecule has 2 aromatic rings. The van der Waals surface area contributed by atoms with E-state index in [0.29, 0.717) is 17.7 Å². The molecule has 0 aliphatic carbocycles. The molecule has 19 heavy (non-hydrogen) atoms. The molecule has 2 heterocycles. The molecule has 1 unspecified atom stereocenters. The van der Waals surface area contributed by atoms with Crippen LogP contribution in [0.2, 0.25) is 0 Å². The van der Waals surface area contributed by atoms with Crippen LogP contribution in [0.15, 0.2) is 36.7 Å². The van der Waals surface area contributed by atoms with E-state index < -0.39 is 6.10 Å². The topological polar surface area (TPSA) is 42.4 Å². The quantitative estimate of drug-likeness (QED) is 0.855. The molecule has 1 aromatic heterocycles. The molecular formula is C15H14FNO2. The molecule has 3 nitrogen and oxygen atoms in total. The van der Waals surface area contributed by atoms with E-state index in [1.54, 1.807) is 18.5 Å². The van der Waals surface area contributed by atoms with E-state index in [0.717, 1.165) is 11.1 Å². The van der Waals surface area contributed by atoms with Gasteiger partial charge in [-0.05, 0) is 30.7 Å². The number of aliphatic hydroxyl groups excluding tert-OH is 1. The van der Waals surface area contributed by atoms with Crippen molar-refractivity contribution < 1.29 is 14.2 Å². The minimum atomic E-state index is -0.644. The molecule has 98 valence electrons. The number of pyridine rings is 1. The van der Waals surface area contributed by atoms with Gasteiger partial charge in [-0.3, -0.25) is 4.98 Å². The van der Waals surface area contributed by atoms with Crippen LogP contribution in [0, 0.1) is 12.7 Å². The van der Waals surface area contributed by atoms with E-state index in [9.17, 15) is 9.50 Å². The molecule has 0 radical (unpaired) electrons. The number of aromatic nitrogens is 1. The minimum Gasteiger partial charge on any atom is -0.485 e. The summed E-state index contributed by atoms with van der Waals surface area (Å²) in [5.41, 5.74) is 2.61. The van der Waals surface area contributed by atoms with Crippen molar-refractivity contribution in [3.8, 4) is 5.75 Å². The summed E-state index contributed by atoms with van der Waals surface area (Å²) in [7, 11) is 0. The minimum absolute atomic E-state index is 0.294. The van der Waals surface area contributed by atoms with Crippen LogP contribution in [0.4, 0.5) is 4.39 Å². The Balaban J connectivity index is 1.99. The highest BCUT2D eigenvalue weighted by Crippen LogP contribution is 2.41. The fourth-order valence-corrected chi connectivity index (χ4v) is 2.42. The molecule has 4 heteroatoms. The Labute approximate surface area is 110 Å². The Bertz CT molecular complexity index is 615. The van der Waals surface area contributed by atoms with E-state index in [-0.39, 0.29) is 11.9 Å². The van der Waals surface area contributed by atoms with Crippen LogP contribution in [0.5, 0.6) is 5.75 Å². The fourth-order valence-electron chi connectivity index (χ4n) is 2.42. The Hall–Kier alpha value is -1.94. The van der Waals surface area contributed by atoms with E-state index >= 15 is 0 Å². The molecular weight excluding hydrogens is 245 g/mol. The average Bonchev–Trinajstić information content (AvgIpc) is 2.38. The fraction of sp³-hybridized carbons (Fsp3) is 0.267. The number of nitrogens with zero attached hydrogens (tertiary/aromatic N) is 1. The maximum Gasteiger partial charge on any atom is 0.128 e. The molecule has 0 bridgehead atoms. The first kappa shape index (κ1) is 12.1. The van der Waals surface area contributed by atoms with Gasteiger partial charge < -0.3 is 9.84 Å². The molecule has 0 fully saturated rings. The largest absolute Gasteiger partial charge is 0.485 e. The van der Waals surface area contributed by atoms with Crippen LogP contribution in [-0.2, 0) is 0 Å². The first-order valence-corrected chi connectivity index (χ1v) is 6.20.